The van der Waals surface area contributed by atoms with E-state index in [-0.39, 0.29) is 11.8 Å². The number of benzene rings is 3. The molecule has 0 aliphatic rings. The first-order valence-electron chi connectivity index (χ1n) is 8.73. The minimum Gasteiger partial charge on any atom is -0.497 e. The molecule has 2 amide bonds. The highest BCUT2D eigenvalue weighted by Gasteiger charge is 2.07. The van der Waals surface area contributed by atoms with E-state index in [1.165, 1.54) is 6.92 Å². The second kappa shape index (κ2) is 8.73. The van der Waals surface area contributed by atoms with Gasteiger partial charge in [-0.25, -0.2) is 0 Å². The van der Waals surface area contributed by atoms with Crippen LogP contribution in [-0.2, 0) is 4.79 Å². The van der Waals surface area contributed by atoms with Crippen LogP contribution < -0.4 is 20.7 Å². The van der Waals surface area contributed by atoms with Gasteiger partial charge in [-0.2, -0.15) is 0 Å². The summed E-state index contributed by atoms with van der Waals surface area (Å²) < 4.78 is 5.14. The molecule has 142 valence electrons. The summed E-state index contributed by atoms with van der Waals surface area (Å²) in [7, 11) is 1.57. The predicted octanol–water partition coefficient (Wildman–Crippen LogP) is 4.65. The van der Waals surface area contributed by atoms with Crippen LogP contribution in [0, 0.1) is 0 Å². The van der Waals surface area contributed by atoms with Crippen molar-refractivity contribution in [3.05, 3.63) is 78.4 Å². The molecule has 0 fully saturated rings. The van der Waals surface area contributed by atoms with Gasteiger partial charge in [0.2, 0.25) is 5.91 Å². The van der Waals surface area contributed by atoms with Crippen LogP contribution in [0.15, 0.2) is 72.8 Å². The standard InChI is InChI=1S/C22H21N3O3/c1-15(26)23-17-6-8-18(9-7-17)24-19-10-12-20(13-11-19)25-22(27)16-4-3-5-21(14-16)28-2/h3-14,24H,1-2H3,(H,23,26)(H,25,27). The number of rotatable bonds is 6. The normalized spacial score (nSPS) is 10.1. The topological polar surface area (TPSA) is 79.5 Å². The Bertz CT molecular complexity index is 967. The van der Waals surface area contributed by atoms with Crippen molar-refractivity contribution < 1.29 is 14.3 Å². The minimum atomic E-state index is -0.201. The zero-order valence-electron chi connectivity index (χ0n) is 15.7. The molecule has 3 aromatic rings. The lowest BCUT2D eigenvalue weighted by atomic mass is 10.2. The fourth-order valence-corrected chi connectivity index (χ4v) is 2.61. The van der Waals surface area contributed by atoms with E-state index < -0.39 is 0 Å². The zero-order valence-corrected chi connectivity index (χ0v) is 15.7. The summed E-state index contributed by atoms with van der Waals surface area (Å²) in [6.45, 7) is 1.47. The van der Waals surface area contributed by atoms with Gasteiger partial charge in [0.05, 0.1) is 7.11 Å². The highest BCUT2D eigenvalue weighted by atomic mass is 16.5. The zero-order chi connectivity index (χ0) is 19.9. The van der Waals surface area contributed by atoms with E-state index in [4.69, 9.17) is 4.74 Å². The summed E-state index contributed by atoms with van der Waals surface area (Å²) in [6.07, 6.45) is 0. The van der Waals surface area contributed by atoms with Gasteiger partial charge in [-0.15, -0.1) is 0 Å². The van der Waals surface area contributed by atoms with Crippen molar-refractivity contribution in [2.75, 3.05) is 23.1 Å². The molecule has 3 rings (SSSR count). The number of nitrogens with one attached hydrogen (secondary N) is 3. The van der Waals surface area contributed by atoms with E-state index in [1.54, 1.807) is 31.4 Å². The Hall–Kier alpha value is -3.80. The first-order valence-corrected chi connectivity index (χ1v) is 8.73. The van der Waals surface area contributed by atoms with Gasteiger partial charge < -0.3 is 20.7 Å². The van der Waals surface area contributed by atoms with Crippen molar-refractivity contribution in [2.45, 2.75) is 6.92 Å². The molecule has 0 spiro atoms. The van der Waals surface area contributed by atoms with Gasteiger partial charge in [0, 0.05) is 35.2 Å². The Morgan fingerprint density at radius 1 is 0.750 bits per heavy atom. The number of hydrogen-bond acceptors (Lipinski definition) is 4. The second-order valence-corrected chi connectivity index (χ2v) is 6.15. The van der Waals surface area contributed by atoms with Gasteiger partial charge >= 0.3 is 0 Å². The third-order valence-electron chi connectivity index (χ3n) is 3.97. The summed E-state index contributed by atoms with van der Waals surface area (Å²) in [4.78, 5) is 23.4. The van der Waals surface area contributed by atoms with Gasteiger partial charge in [0.1, 0.15) is 5.75 Å². The number of carbonyl (C=O) groups excluding carboxylic acids is 2. The van der Waals surface area contributed by atoms with Crippen molar-refractivity contribution in [3.63, 3.8) is 0 Å². The van der Waals surface area contributed by atoms with Gasteiger partial charge in [0.25, 0.3) is 5.91 Å². The van der Waals surface area contributed by atoms with Crippen molar-refractivity contribution >= 4 is 34.6 Å². The molecule has 0 aliphatic heterocycles. The Morgan fingerprint density at radius 2 is 1.29 bits per heavy atom. The molecule has 0 radical (unpaired) electrons. The van der Waals surface area contributed by atoms with Crippen LogP contribution in [0.4, 0.5) is 22.7 Å². The van der Waals surface area contributed by atoms with E-state index in [9.17, 15) is 9.59 Å². The number of carbonyl (C=O) groups is 2. The average Bonchev–Trinajstić information content (AvgIpc) is 2.70. The maximum absolute atomic E-state index is 12.4. The van der Waals surface area contributed by atoms with Crippen molar-refractivity contribution in [1.29, 1.82) is 0 Å². The third kappa shape index (κ3) is 5.11. The Labute approximate surface area is 163 Å². The first kappa shape index (κ1) is 19.0. The average molecular weight is 375 g/mol. The molecule has 6 heteroatoms. The van der Waals surface area contributed by atoms with Crippen LogP contribution in [0.1, 0.15) is 17.3 Å². The molecule has 3 aromatic carbocycles. The van der Waals surface area contributed by atoms with Crippen LogP contribution in [0.2, 0.25) is 0 Å². The largest absolute Gasteiger partial charge is 0.497 e. The molecule has 0 aromatic heterocycles. The summed E-state index contributed by atoms with van der Waals surface area (Å²) in [6, 6.07) is 21.8. The van der Waals surface area contributed by atoms with Crippen LogP contribution in [0.5, 0.6) is 5.75 Å². The highest BCUT2D eigenvalue weighted by molar-refractivity contribution is 6.04. The smallest absolute Gasteiger partial charge is 0.255 e. The minimum absolute atomic E-state index is 0.104. The van der Waals surface area contributed by atoms with Gasteiger partial charge in [-0.1, -0.05) is 6.07 Å². The molecular formula is C22H21N3O3. The van der Waals surface area contributed by atoms with Crippen molar-refractivity contribution in [3.8, 4) is 5.75 Å². The van der Waals surface area contributed by atoms with Gasteiger partial charge in [-0.05, 0) is 66.7 Å². The quantitative estimate of drug-likeness (QED) is 0.586. The van der Waals surface area contributed by atoms with E-state index in [2.05, 4.69) is 16.0 Å². The lowest BCUT2D eigenvalue weighted by Crippen LogP contribution is -2.11. The van der Waals surface area contributed by atoms with E-state index >= 15 is 0 Å². The number of amides is 2. The molecule has 0 saturated carbocycles. The lowest BCUT2D eigenvalue weighted by Gasteiger charge is -2.10. The highest BCUT2D eigenvalue weighted by Crippen LogP contribution is 2.21. The molecule has 0 atom stereocenters. The number of methoxy groups -OCH3 is 1. The van der Waals surface area contributed by atoms with Crippen LogP contribution in [-0.4, -0.2) is 18.9 Å². The Kier molecular flexibility index (Phi) is 5.91. The molecule has 0 saturated heterocycles. The van der Waals surface area contributed by atoms with Gasteiger partial charge in [-0.3, -0.25) is 9.59 Å². The number of hydrogen-bond donors (Lipinski definition) is 3. The van der Waals surface area contributed by atoms with Crippen LogP contribution >= 0.6 is 0 Å². The monoisotopic (exact) mass is 375 g/mol. The second-order valence-electron chi connectivity index (χ2n) is 6.15. The van der Waals surface area contributed by atoms with Crippen LogP contribution in [0.25, 0.3) is 0 Å². The summed E-state index contributed by atoms with van der Waals surface area (Å²) in [5, 5.41) is 8.86. The SMILES string of the molecule is COc1cccc(C(=O)Nc2ccc(Nc3ccc(NC(C)=O)cc3)cc2)c1. The van der Waals surface area contributed by atoms with E-state index in [1.807, 2.05) is 48.5 Å². The number of anilines is 4. The maximum Gasteiger partial charge on any atom is 0.255 e. The molecule has 0 heterocycles. The molecule has 28 heavy (non-hydrogen) atoms. The summed E-state index contributed by atoms with van der Waals surface area (Å²) in [5.74, 6) is 0.331. The molecular weight excluding hydrogens is 354 g/mol. The molecule has 0 aliphatic carbocycles. The molecule has 0 bridgehead atoms. The summed E-state index contributed by atoms with van der Waals surface area (Å²) in [5.41, 5.74) is 3.74. The third-order valence-corrected chi connectivity index (χ3v) is 3.97. The Balaban J connectivity index is 1.61. The van der Waals surface area contributed by atoms with Crippen molar-refractivity contribution in [2.24, 2.45) is 0 Å². The van der Waals surface area contributed by atoms with Crippen LogP contribution in [0.3, 0.4) is 0 Å². The van der Waals surface area contributed by atoms with E-state index in [0.717, 1.165) is 17.1 Å². The van der Waals surface area contributed by atoms with Gasteiger partial charge in [0.15, 0.2) is 0 Å². The fraction of sp³-hybridized carbons (Fsp3) is 0.0909. The summed E-state index contributed by atoms with van der Waals surface area (Å²) >= 11 is 0. The predicted molar refractivity (Wildman–Crippen MR) is 111 cm³/mol. The Morgan fingerprint density at radius 3 is 1.82 bits per heavy atom. The van der Waals surface area contributed by atoms with Crippen molar-refractivity contribution in [1.82, 2.24) is 0 Å². The first-order chi connectivity index (χ1) is 13.5. The maximum atomic E-state index is 12.4. The van der Waals surface area contributed by atoms with E-state index in [0.29, 0.717) is 17.0 Å². The number of ether oxygens (including phenoxy) is 1. The fourth-order valence-electron chi connectivity index (χ4n) is 2.61. The molecule has 3 N–H and O–H groups in total. The lowest BCUT2D eigenvalue weighted by molar-refractivity contribution is -0.114. The molecule has 0 unspecified atom stereocenters. The molecule has 6 nitrogen and oxygen atoms in total.